The monoisotopic (exact) mass is 505 g/mol. The number of carboxylic acids is 2. The summed E-state index contributed by atoms with van der Waals surface area (Å²) in [7, 11) is 1.64. The molecule has 7 nitrogen and oxygen atoms in total. The van der Waals surface area contributed by atoms with Gasteiger partial charge < -0.3 is 25.0 Å². The summed E-state index contributed by atoms with van der Waals surface area (Å²) in [6.07, 6.45) is 4.73. The van der Waals surface area contributed by atoms with Gasteiger partial charge in [0.1, 0.15) is 5.75 Å². The summed E-state index contributed by atoms with van der Waals surface area (Å²) >= 11 is 6.28. The van der Waals surface area contributed by atoms with Crippen molar-refractivity contribution < 1.29 is 29.6 Å². The molecular weight excluding hydrogens is 470 g/mol. The lowest BCUT2D eigenvalue weighted by Gasteiger charge is -2.38. The zero-order chi connectivity index (χ0) is 26.0. The molecule has 3 N–H and O–H groups in total. The van der Waals surface area contributed by atoms with E-state index in [4.69, 9.17) is 36.1 Å². The van der Waals surface area contributed by atoms with E-state index >= 15 is 0 Å². The molecule has 0 bridgehead atoms. The average Bonchev–Trinajstić information content (AvgIpc) is 2.99. The number of hydrogen-bond donors (Lipinski definition) is 3. The van der Waals surface area contributed by atoms with E-state index in [0.717, 1.165) is 62.9 Å². The topological polar surface area (TPSA) is 107 Å². The van der Waals surface area contributed by atoms with Crippen molar-refractivity contribution in [3.05, 3.63) is 64.2 Å². The first kappa shape index (κ1) is 28.6. The number of carboxylic acid groups (broad SMARTS) is 2. The summed E-state index contributed by atoms with van der Waals surface area (Å²) in [4.78, 5) is 20.6. The Bertz CT molecular complexity index is 981. The predicted octanol–water partition coefficient (Wildman–Crippen LogP) is 4.93. The minimum absolute atomic E-state index is 0.0222. The van der Waals surface area contributed by atoms with Gasteiger partial charge in [0.25, 0.3) is 0 Å². The van der Waals surface area contributed by atoms with Crippen LogP contribution in [0.15, 0.2) is 42.5 Å². The molecule has 0 heterocycles. The minimum atomic E-state index is -1.82. The number of ether oxygens (including phenoxy) is 1. The number of nitrogens with zero attached hydrogens (tertiary/aromatic N) is 1. The van der Waals surface area contributed by atoms with Gasteiger partial charge in [0, 0.05) is 5.92 Å². The lowest BCUT2D eigenvalue weighted by atomic mass is 9.73. The van der Waals surface area contributed by atoms with Crippen LogP contribution in [0.2, 0.25) is 5.02 Å². The first-order valence-electron chi connectivity index (χ1n) is 12.0. The van der Waals surface area contributed by atoms with Gasteiger partial charge in [0.2, 0.25) is 0 Å². The molecule has 3 rings (SSSR count). The molecule has 2 atom stereocenters. The number of aliphatic carboxylic acids is 2. The highest BCUT2D eigenvalue weighted by Crippen LogP contribution is 2.48. The van der Waals surface area contributed by atoms with Crippen LogP contribution in [0.4, 0.5) is 0 Å². The summed E-state index contributed by atoms with van der Waals surface area (Å²) in [6, 6.07) is 14.4. The van der Waals surface area contributed by atoms with Crippen LogP contribution in [0.3, 0.4) is 0 Å². The van der Waals surface area contributed by atoms with Gasteiger partial charge in [-0.2, -0.15) is 0 Å². The fourth-order valence-electron chi connectivity index (χ4n) is 4.84. The highest BCUT2D eigenvalue weighted by molar-refractivity contribution is 6.32. The van der Waals surface area contributed by atoms with Crippen molar-refractivity contribution in [2.75, 3.05) is 26.7 Å². The Morgan fingerprint density at radius 2 is 1.77 bits per heavy atom. The van der Waals surface area contributed by atoms with Gasteiger partial charge in [0.05, 0.1) is 17.7 Å². The molecule has 2 aromatic carbocycles. The molecule has 0 aliphatic heterocycles. The Morgan fingerprint density at radius 1 is 1.11 bits per heavy atom. The summed E-state index contributed by atoms with van der Waals surface area (Å²) < 4.78 is 5.47. The van der Waals surface area contributed by atoms with Gasteiger partial charge in [-0.25, -0.2) is 9.59 Å². The number of fused-ring (bicyclic) bond motifs is 1. The standard InChI is InChI=1S/C25H34ClNO2.C2H2O4/c1-4-27(5-2)17-9-16-25(28)21-12-7-6-10-19(21)11-8-13-22(25)20-14-15-23(26)24(18-20)29-3;3-1(4)2(5)6/h6-7,10,12,14-15,18,22,28H,4-5,8-9,11,13,16-17H2,1-3H3;(H,3,4)(H,5,6)/t22-,25-;/m1./s1. The third-order valence-corrected chi connectivity index (χ3v) is 7.00. The number of aryl methyl sites for hydroxylation is 1. The zero-order valence-electron chi connectivity index (χ0n) is 20.7. The second kappa shape index (κ2) is 13.5. The predicted molar refractivity (Wildman–Crippen MR) is 136 cm³/mol. The van der Waals surface area contributed by atoms with Crippen molar-refractivity contribution in [2.24, 2.45) is 0 Å². The number of carbonyl (C=O) groups is 2. The van der Waals surface area contributed by atoms with Crippen molar-refractivity contribution in [1.29, 1.82) is 0 Å². The number of halogens is 1. The molecule has 0 radical (unpaired) electrons. The molecule has 0 amide bonds. The van der Waals surface area contributed by atoms with Gasteiger partial charge in [-0.15, -0.1) is 0 Å². The molecular formula is C27H36ClNO6. The zero-order valence-corrected chi connectivity index (χ0v) is 21.4. The average molecular weight is 506 g/mol. The second-order valence-electron chi connectivity index (χ2n) is 8.66. The Balaban J connectivity index is 0.000000641. The molecule has 0 fully saturated rings. The van der Waals surface area contributed by atoms with E-state index in [0.29, 0.717) is 10.8 Å². The van der Waals surface area contributed by atoms with Crippen molar-refractivity contribution in [1.82, 2.24) is 4.90 Å². The molecule has 0 saturated heterocycles. The lowest BCUT2D eigenvalue weighted by molar-refractivity contribution is -0.159. The van der Waals surface area contributed by atoms with Gasteiger partial charge in [0.15, 0.2) is 0 Å². The van der Waals surface area contributed by atoms with Crippen LogP contribution < -0.4 is 4.74 Å². The van der Waals surface area contributed by atoms with Crippen molar-refractivity contribution in [2.45, 2.75) is 57.5 Å². The lowest BCUT2D eigenvalue weighted by Crippen LogP contribution is -2.35. The van der Waals surface area contributed by atoms with Crippen LogP contribution in [0.1, 0.15) is 62.1 Å². The Labute approximate surface area is 212 Å². The smallest absolute Gasteiger partial charge is 0.414 e. The van der Waals surface area contributed by atoms with E-state index < -0.39 is 17.5 Å². The summed E-state index contributed by atoms with van der Waals surface area (Å²) in [5.41, 5.74) is 2.59. The van der Waals surface area contributed by atoms with Crippen molar-refractivity contribution >= 4 is 23.5 Å². The van der Waals surface area contributed by atoms with E-state index in [1.54, 1.807) is 7.11 Å². The molecule has 2 aromatic rings. The number of methoxy groups -OCH3 is 1. The molecule has 0 spiro atoms. The van der Waals surface area contributed by atoms with E-state index in [-0.39, 0.29) is 5.92 Å². The maximum absolute atomic E-state index is 12.2. The van der Waals surface area contributed by atoms with Crippen LogP contribution in [0.5, 0.6) is 5.75 Å². The Hall–Kier alpha value is -2.61. The molecule has 0 aromatic heterocycles. The molecule has 192 valence electrons. The first-order valence-corrected chi connectivity index (χ1v) is 12.4. The van der Waals surface area contributed by atoms with Crippen LogP contribution in [-0.4, -0.2) is 58.9 Å². The van der Waals surface area contributed by atoms with Crippen molar-refractivity contribution in [3.8, 4) is 5.75 Å². The first-order chi connectivity index (χ1) is 16.7. The number of aliphatic hydroxyl groups is 1. The number of hydrogen-bond acceptors (Lipinski definition) is 5. The third-order valence-electron chi connectivity index (χ3n) is 6.69. The van der Waals surface area contributed by atoms with E-state index in [2.05, 4.69) is 49.1 Å². The molecule has 0 saturated carbocycles. The minimum Gasteiger partial charge on any atom is -0.495 e. The molecule has 0 unspecified atom stereocenters. The third kappa shape index (κ3) is 7.43. The van der Waals surface area contributed by atoms with Gasteiger partial charge in [-0.3, -0.25) is 0 Å². The van der Waals surface area contributed by atoms with Crippen LogP contribution in [0, 0.1) is 0 Å². The largest absolute Gasteiger partial charge is 0.495 e. The maximum atomic E-state index is 12.2. The second-order valence-corrected chi connectivity index (χ2v) is 9.07. The number of rotatable bonds is 8. The van der Waals surface area contributed by atoms with Gasteiger partial charge in [-0.05, 0) is 80.6 Å². The van der Waals surface area contributed by atoms with Crippen molar-refractivity contribution in [3.63, 3.8) is 0 Å². The molecule has 1 aliphatic carbocycles. The van der Waals surface area contributed by atoms with E-state index in [1.165, 1.54) is 5.56 Å². The summed E-state index contributed by atoms with van der Waals surface area (Å²) in [6.45, 7) is 7.49. The highest BCUT2D eigenvalue weighted by Gasteiger charge is 2.41. The van der Waals surface area contributed by atoms with Crippen LogP contribution in [0.25, 0.3) is 0 Å². The van der Waals surface area contributed by atoms with Crippen LogP contribution in [-0.2, 0) is 21.6 Å². The SMILES string of the molecule is CCN(CC)CCC[C@@]1(O)c2ccccc2CCC[C@@H]1c1ccc(Cl)c(OC)c1.O=C(O)C(=O)O. The highest BCUT2D eigenvalue weighted by atomic mass is 35.5. The van der Waals surface area contributed by atoms with Gasteiger partial charge in [-0.1, -0.05) is 55.8 Å². The molecule has 35 heavy (non-hydrogen) atoms. The summed E-state index contributed by atoms with van der Waals surface area (Å²) in [5.74, 6) is -2.95. The Morgan fingerprint density at radius 3 is 2.37 bits per heavy atom. The van der Waals surface area contributed by atoms with E-state index in [9.17, 15) is 5.11 Å². The normalized spacial score (nSPS) is 19.2. The maximum Gasteiger partial charge on any atom is 0.414 e. The Kier molecular flexibility index (Phi) is 11.0. The number of benzene rings is 2. The fourth-order valence-corrected chi connectivity index (χ4v) is 5.03. The molecule has 8 heteroatoms. The van der Waals surface area contributed by atoms with Crippen LogP contribution >= 0.6 is 11.6 Å². The quantitative estimate of drug-likeness (QED) is 0.344. The van der Waals surface area contributed by atoms with E-state index in [1.807, 2.05) is 12.1 Å². The van der Waals surface area contributed by atoms with Gasteiger partial charge >= 0.3 is 11.9 Å². The summed E-state index contributed by atoms with van der Waals surface area (Å²) in [5, 5.41) is 27.6. The fraction of sp³-hybridized carbons (Fsp3) is 0.481. The molecule has 1 aliphatic rings.